The van der Waals surface area contributed by atoms with Crippen LogP contribution in [0.5, 0.6) is 0 Å². The standard InChI is InChI=1S/C11H14FN3O4/c1-5-3-15(11(18)14-9(5)13)10-6(2-12)8(17)7(4-16)19-10/h2-3,7-8,10,16-17H,4H2,1H3,(H2,13,14,18)/b6-2-/t7-,8+,10-/m1/s1. The molecule has 0 aliphatic carbocycles. The van der Waals surface area contributed by atoms with E-state index in [1.54, 1.807) is 6.92 Å². The number of halogens is 1. The van der Waals surface area contributed by atoms with Gasteiger partial charge in [-0.3, -0.25) is 4.57 Å². The molecule has 0 aromatic carbocycles. The lowest BCUT2D eigenvalue weighted by molar-refractivity contribution is -0.0447. The van der Waals surface area contributed by atoms with E-state index in [4.69, 9.17) is 15.6 Å². The van der Waals surface area contributed by atoms with Gasteiger partial charge in [0.2, 0.25) is 0 Å². The van der Waals surface area contributed by atoms with Crippen LogP contribution in [0.25, 0.3) is 0 Å². The molecule has 1 saturated heterocycles. The second-order valence-electron chi connectivity index (χ2n) is 4.26. The second kappa shape index (κ2) is 5.08. The summed E-state index contributed by atoms with van der Waals surface area (Å²) in [5.41, 5.74) is 5.14. The number of aliphatic hydroxyl groups excluding tert-OH is 2. The fraction of sp³-hybridized carbons (Fsp3) is 0.455. The van der Waals surface area contributed by atoms with Crippen molar-refractivity contribution in [2.75, 3.05) is 12.3 Å². The van der Waals surface area contributed by atoms with Crippen LogP contribution in [0.1, 0.15) is 11.8 Å². The van der Waals surface area contributed by atoms with Crippen LogP contribution < -0.4 is 11.4 Å². The quantitative estimate of drug-likeness (QED) is 0.652. The Morgan fingerprint density at radius 3 is 2.95 bits per heavy atom. The number of nitrogen functional groups attached to an aromatic ring is 1. The van der Waals surface area contributed by atoms with Crippen molar-refractivity contribution in [3.63, 3.8) is 0 Å². The molecule has 8 heteroatoms. The van der Waals surface area contributed by atoms with Crippen molar-refractivity contribution in [1.82, 2.24) is 9.55 Å². The Morgan fingerprint density at radius 1 is 1.68 bits per heavy atom. The SMILES string of the molecule is Cc1cn([C@@H]2O[C@H](CO)[C@@H](O)/C2=C/F)c(=O)nc1N. The summed E-state index contributed by atoms with van der Waals surface area (Å²) in [6, 6.07) is 0. The van der Waals surface area contributed by atoms with Crippen LogP contribution in [0.3, 0.4) is 0 Å². The van der Waals surface area contributed by atoms with Crippen molar-refractivity contribution in [3.8, 4) is 0 Å². The molecule has 7 nitrogen and oxygen atoms in total. The first-order chi connectivity index (χ1) is 8.99. The smallest absolute Gasteiger partial charge is 0.351 e. The molecule has 104 valence electrons. The summed E-state index contributed by atoms with van der Waals surface area (Å²) in [6.45, 7) is 1.14. The summed E-state index contributed by atoms with van der Waals surface area (Å²) in [5.74, 6) is 0.0734. The van der Waals surface area contributed by atoms with E-state index in [9.17, 15) is 14.3 Å². The Balaban J connectivity index is 2.47. The minimum atomic E-state index is -1.32. The molecule has 1 aliphatic heterocycles. The predicted octanol–water partition coefficient (Wildman–Crippen LogP) is -0.762. The van der Waals surface area contributed by atoms with E-state index in [1.807, 2.05) is 0 Å². The molecule has 0 bridgehead atoms. The molecule has 0 spiro atoms. The number of hydrogen-bond acceptors (Lipinski definition) is 6. The van der Waals surface area contributed by atoms with Gasteiger partial charge in [0.1, 0.15) is 18.0 Å². The van der Waals surface area contributed by atoms with Crippen molar-refractivity contribution < 1.29 is 19.3 Å². The molecule has 2 heterocycles. The predicted molar refractivity (Wildman–Crippen MR) is 63.8 cm³/mol. The molecule has 1 aromatic heterocycles. The van der Waals surface area contributed by atoms with Gasteiger partial charge < -0.3 is 20.7 Å². The van der Waals surface area contributed by atoms with Crippen LogP contribution in [0, 0.1) is 6.92 Å². The number of aliphatic hydroxyl groups is 2. The zero-order chi connectivity index (χ0) is 14.2. The summed E-state index contributed by atoms with van der Waals surface area (Å²) in [6.07, 6.45) is -1.91. The zero-order valence-electron chi connectivity index (χ0n) is 10.2. The van der Waals surface area contributed by atoms with Crippen LogP contribution in [-0.2, 0) is 4.74 Å². The third kappa shape index (κ3) is 2.25. The highest BCUT2D eigenvalue weighted by molar-refractivity contribution is 5.35. The maximum absolute atomic E-state index is 12.9. The van der Waals surface area contributed by atoms with E-state index in [0.29, 0.717) is 5.56 Å². The summed E-state index contributed by atoms with van der Waals surface area (Å²) in [5, 5.41) is 18.8. The van der Waals surface area contributed by atoms with E-state index in [-0.39, 0.29) is 17.7 Å². The lowest BCUT2D eigenvalue weighted by Crippen LogP contribution is -2.29. The van der Waals surface area contributed by atoms with Gasteiger partial charge in [-0.2, -0.15) is 4.98 Å². The maximum Gasteiger partial charge on any atom is 0.351 e. The molecule has 2 rings (SSSR count). The minimum Gasteiger partial charge on any atom is -0.394 e. The van der Waals surface area contributed by atoms with Gasteiger partial charge >= 0.3 is 5.69 Å². The molecule has 3 atom stereocenters. The number of ether oxygens (including phenoxy) is 1. The van der Waals surface area contributed by atoms with Crippen LogP contribution >= 0.6 is 0 Å². The van der Waals surface area contributed by atoms with Gasteiger partial charge in [-0.25, -0.2) is 9.18 Å². The monoisotopic (exact) mass is 271 g/mol. The fourth-order valence-corrected chi connectivity index (χ4v) is 1.91. The minimum absolute atomic E-state index is 0.0734. The lowest BCUT2D eigenvalue weighted by Gasteiger charge is -2.15. The van der Waals surface area contributed by atoms with Gasteiger partial charge in [-0.1, -0.05) is 0 Å². The molecule has 0 unspecified atom stereocenters. The van der Waals surface area contributed by atoms with Crippen LogP contribution in [0.4, 0.5) is 10.2 Å². The first-order valence-corrected chi connectivity index (χ1v) is 5.59. The number of aromatic nitrogens is 2. The molecule has 19 heavy (non-hydrogen) atoms. The number of nitrogens with zero attached hydrogens (tertiary/aromatic N) is 2. The number of aryl methyl sites for hydroxylation is 1. The van der Waals surface area contributed by atoms with Crippen LogP contribution in [-0.4, -0.2) is 38.6 Å². The summed E-state index contributed by atoms with van der Waals surface area (Å²) >= 11 is 0. The molecular formula is C11H14FN3O4. The number of rotatable bonds is 2. The second-order valence-corrected chi connectivity index (χ2v) is 4.26. The van der Waals surface area contributed by atoms with Crippen molar-refractivity contribution in [2.45, 2.75) is 25.4 Å². The van der Waals surface area contributed by atoms with Crippen molar-refractivity contribution in [1.29, 1.82) is 0 Å². The van der Waals surface area contributed by atoms with Crippen LogP contribution in [0.2, 0.25) is 0 Å². The average molecular weight is 271 g/mol. The highest BCUT2D eigenvalue weighted by Crippen LogP contribution is 2.33. The Morgan fingerprint density at radius 2 is 2.37 bits per heavy atom. The normalized spacial score (nSPS) is 29.1. The van der Waals surface area contributed by atoms with Gasteiger partial charge in [-0.15, -0.1) is 0 Å². The van der Waals surface area contributed by atoms with E-state index in [1.165, 1.54) is 6.20 Å². The van der Waals surface area contributed by atoms with Gasteiger partial charge in [0, 0.05) is 17.3 Å². The van der Waals surface area contributed by atoms with Gasteiger partial charge in [0.25, 0.3) is 0 Å². The molecular weight excluding hydrogens is 257 g/mol. The molecule has 1 aliphatic rings. The van der Waals surface area contributed by atoms with E-state index < -0.39 is 30.7 Å². The number of hydrogen-bond donors (Lipinski definition) is 3. The Labute approximate surface area is 107 Å². The number of nitrogens with two attached hydrogens (primary N) is 1. The van der Waals surface area contributed by atoms with Gasteiger partial charge in [0.05, 0.1) is 12.9 Å². The Kier molecular flexibility index (Phi) is 3.65. The van der Waals surface area contributed by atoms with Crippen molar-refractivity contribution in [3.05, 3.63) is 34.1 Å². The first-order valence-electron chi connectivity index (χ1n) is 5.59. The molecule has 0 radical (unpaired) electrons. The van der Waals surface area contributed by atoms with E-state index in [2.05, 4.69) is 4.98 Å². The fourth-order valence-electron chi connectivity index (χ4n) is 1.91. The topological polar surface area (TPSA) is 111 Å². The average Bonchev–Trinajstić information content (AvgIpc) is 2.70. The summed E-state index contributed by atoms with van der Waals surface area (Å²) in [4.78, 5) is 15.3. The summed E-state index contributed by atoms with van der Waals surface area (Å²) < 4.78 is 19.1. The molecule has 0 amide bonds. The van der Waals surface area contributed by atoms with Crippen molar-refractivity contribution in [2.24, 2.45) is 0 Å². The van der Waals surface area contributed by atoms with E-state index >= 15 is 0 Å². The third-order valence-electron chi connectivity index (χ3n) is 3.01. The lowest BCUT2D eigenvalue weighted by atomic mass is 10.1. The summed E-state index contributed by atoms with van der Waals surface area (Å²) in [7, 11) is 0. The highest BCUT2D eigenvalue weighted by Gasteiger charge is 2.40. The first kappa shape index (κ1) is 13.7. The van der Waals surface area contributed by atoms with E-state index in [0.717, 1.165) is 4.57 Å². The zero-order valence-corrected chi connectivity index (χ0v) is 10.2. The van der Waals surface area contributed by atoms with Gasteiger partial charge in [-0.05, 0) is 6.92 Å². The number of anilines is 1. The largest absolute Gasteiger partial charge is 0.394 e. The molecule has 1 fully saturated rings. The Hall–Kier alpha value is -1.77. The maximum atomic E-state index is 12.9. The third-order valence-corrected chi connectivity index (χ3v) is 3.01. The Bertz CT molecular complexity index is 572. The van der Waals surface area contributed by atoms with Crippen LogP contribution in [0.15, 0.2) is 22.9 Å². The van der Waals surface area contributed by atoms with Gasteiger partial charge in [0.15, 0.2) is 6.23 Å². The molecule has 0 saturated carbocycles. The molecule has 4 N–H and O–H groups in total. The molecule has 1 aromatic rings. The highest BCUT2D eigenvalue weighted by atomic mass is 19.1. The van der Waals surface area contributed by atoms with Crippen molar-refractivity contribution >= 4 is 5.82 Å².